The molecule has 0 aliphatic rings. The molecule has 6 heteroatoms. The summed E-state index contributed by atoms with van der Waals surface area (Å²) in [6.45, 7) is 4.97. The zero-order chi connectivity index (χ0) is 18.4. The lowest BCUT2D eigenvalue weighted by Gasteiger charge is -2.27. The van der Waals surface area contributed by atoms with Crippen molar-refractivity contribution >= 4 is 0 Å². The van der Waals surface area contributed by atoms with E-state index in [0.29, 0.717) is 28.6 Å². The van der Waals surface area contributed by atoms with Crippen LogP contribution in [0.5, 0.6) is 5.75 Å². The number of nitrogens with zero attached hydrogens (tertiary/aromatic N) is 2. The van der Waals surface area contributed by atoms with Gasteiger partial charge in [-0.1, -0.05) is 13.8 Å². The first kappa shape index (κ1) is 19.2. The predicted molar refractivity (Wildman–Crippen MR) is 94.6 cm³/mol. The SMILES string of the molecule is CC(C)CC(C)(N)COc1ccc(-c2ccnc(CF)c2)nc1CF. The van der Waals surface area contributed by atoms with E-state index in [9.17, 15) is 8.78 Å². The zero-order valence-electron chi connectivity index (χ0n) is 14.9. The molecule has 0 spiro atoms. The third-order valence-electron chi connectivity index (χ3n) is 3.74. The van der Waals surface area contributed by atoms with Gasteiger partial charge in [-0.15, -0.1) is 0 Å². The fraction of sp³-hybridized carbons (Fsp3) is 0.474. The minimum atomic E-state index is -0.754. The third-order valence-corrected chi connectivity index (χ3v) is 3.74. The van der Waals surface area contributed by atoms with Crippen LogP contribution in [0.25, 0.3) is 11.3 Å². The molecule has 2 aromatic heterocycles. The van der Waals surface area contributed by atoms with Gasteiger partial charge >= 0.3 is 0 Å². The first-order valence-electron chi connectivity index (χ1n) is 8.33. The standard InChI is InChI=1S/C19H25F2N3O/c1-13(2)9-19(3,22)12-25-18-5-4-16(24-17(18)11-21)14-6-7-23-15(8-14)10-20/h4-8,13H,9-12,22H2,1-3H3. The summed E-state index contributed by atoms with van der Waals surface area (Å²) in [7, 11) is 0. The molecule has 0 saturated heterocycles. The molecule has 2 heterocycles. The van der Waals surface area contributed by atoms with Crippen LogP contribution in [0.3, 0.4) is 0 Å². The quantitative estimate of drug-likeness (QED) is 0.775. The molecule has 4 nitrogen and oxygen atoms in total. The smallest absolute Gasteiger partial charge is 0.143 e. The van der Waals surface area contributed by atoms with Crippen molar-refractivity contribution in [1.29, 1.82) is 0 Å². The van der Waals surface area contributed by atoms with Crippen molar-refractivity contribution in [3.05, 3.63) is 41.9 Å². The van der Waals surface area contributed by atoms with Crippen LogP contribution in [0, 0.1) is 5.92 Å². The molecule has 1 atom stereocenters. The number of ether oxygens (including phenoxy) is 1. The van der Waals surface area contributed by atoms with E-state index in [4.69, 9.17) is 10.5 Å². The summed E-state index contributed by atoms with van der Waals surface area (Å²) >= 11 is 0. The average Bonchev–Trinajstić information content (AvgIpc) is 2.58. The number of alkyl halides is 2. The second-order valence-corrected chi connectivity index (χ2v) is 6.99. The molecule has 2 rings (SSSR count). The summed E-state index contributed by atoms with van der Waals surface area (Å²) in [6.07, 6.45) is 2.31. The second-order valence-electron chi connectivity index (χ2n) is 6.99. The maximum Gasteiger partial charge on any atom is 0.143 e. The molecular weight excluding hydrogens is 324 g/mol. The van der Waals surface area contributed by atoms with Crippen molar-refractivity contribution in [3.63, 3.8) is 0 Å². The zero-order valence-corrected chi connectivity index (χ0v) is 14.9. The minimum absolute atomic E-state index is 0.205. The van der Waals surface area contributed by atoms with Gasteiger partial charge in [-0.2, -0.15) is 0 Å². The van der Waals surface area contributed by atoms with Crippen LogP contribution in [0.1, 0.15) is 38.6 Å². The maximum absolute atomic E-state index is 13.4. The van der Waals surface area contributed by atoms with Crippen molar-refractivity contribution in [2.45, 2.75) is 46.1 Å². The minimum Gasteiger partial charge on any atom is -0.490 e. The van der Waals surface area contributed by atoms with E-state index in [-0.39, 0.29) is 12.3 Å². The molecule has 0 saturated carbocycles. The number of hydrogen-bond donors (Lipinski definition) is 1. The normalized spacial score (nSPS) is 13.7. The first-order chi connectivity index (χ1) is 11.8. The van der Waals surface area contributed by atoms with Crippen molar-refractivity contribution in [2.75, 3.05) is 6.61 Å². The highest BCUT2D eigenvalue weighted by molar-refractivity contribution is 5.60. The fourth-order valence-electron chi connectivity index (χ4n) is 2.82. The Bertz CT molecular complexity index is 705. The predicted octanol–water partition coefficient (Wildman–Crippen LogP) is 4.22. The van der Waals surface area contributed by atoms with E-state index in [1.807, 2.05) is 6.92 Å². The van der Waals surface area contributed by atoms with Crippen LogP contribution in [0.15, 0.2) is 30.5 Å². The van der Waals surface area contributed by atoms with Gasteiger partial charge in [0.1, 0.15) is 31.4 Å². The summed E-state index contributed by atoms with van der Waals surface area (Å²) < 4.78 is 31.9. The van der Waals surface area contributed by atoms with Gasteiger partial charge in [0.05, 0.1) is 11.4 Å². The number of aromatic nitrogens is 2. The Kier molecular flexibility index (Phi) is 6.42. The summed E-state index contributed by atoms with van der Waals surface area (Å²) in [4.78, 5) is 8.22. The molecule has 0 aliphatic carbocycles. The van der Waals surface area contributed by atoms with Crippen LogP contribution in [-0.4, -0.2) is 22.1 Å². The topological polar surface area (TPSA) is 61.0 Å². The summed E-state index contributed by atoms with van der Waals surface area (Å²) in [5, 5.41) is 0. The highest BCUT2D eigenvalue weighted by Crippen LogP contribution is 2.26. The molecule has 0 bridgehead atoms. The van der Waals surface area contributed by atoms with Gasteiger partial charge in [-0.3, -0.25) is 4.98 Å². The second kappa shape index (κ2) is 8.34. The number of pyridine rings is 2. The van der Waals surface area contributed by atoms with E-state index in [2.05, 4.69) is 23.8 Å². The highest BCUT2D eigenvalue weighted by Gasteiger charge is 2.22. The molecule has 0 aliphatic heterocycles. The molecule has 25 heavy (non-hydrogen) atoms. The van der Waals surface area contributed by atoms with E-state index in [1.165, 1.54) is 6.20 Å². The van der Waals surface area contributed by atoms with Gasteiger partial charge in [-0.25, -0.2) is 13.8 Å². The monoisotopic (exact) mass is 349 g/mol. The van der Waals surface area contributed by atoms with Crippen molar-refractivity contribution in [2.24, 2.45) is 11.7 Å². The molecule has 1 unspecified atom stereocenters. The van der Waals surface area contributed by atoms with Gasteiger partial charge in [0.2, 0.25) is 0 Å². The lowest BCUT2D eigenvalue weighted by Crippen LogP contribution is -2.43. The molecule has 0 aromatic carbocycles. The van der Waals surface area contributed by atoms with Gasteiger partial charge in [0.25, 0.3) is 0 Å². The number of nitrogens with two attached hydrogens (primary N) is 1. The van der Waals surface area contributed by atoms with Crippen LogP contribution in [-0.2, 0) is 13.3 Å². The lowest BCUT2D eigenvalue weighted by molar-refractivity contribution is 0.203. The van der Waals surface area contributed by atoms with Gasteiger partial charge < -0.3 is 10.5 Å². The van der Waals surface area contributed by atoms with E-state index < -0.39 is 18.9 Å². The highest BCUT2D eigenvalue weighted by atomic mass is 19.1. The molecule has 136 valence electrons. The average molecular weight is 349 g/mol. The molecule has 0 radical (unpaired) electrons. The van der Waals surface area contributed by atoms with Gasteiger partial charge in [0, 0.05) is 17.3 Å². The van der Waals surface area contributed by atoms with E-state index in [0.717, 1.165) is 6.42 Å². The summed E-state index contributed by atoms with van der Waals surface area (Å²) in [5.41, 5.74) is 7.49. The Balaban J connectivity index is 2.19. The third kappa shape index (κ3) is 5.46. The van der Waals surface area contributed by atoms with Gasteiger partial charge in [-0.05, 0) is 43.5 Å². The Morgan fingerprint density at radius 1 is 1.20 bits per heavy atom. The van der Waals surface area contributed by atoms with Crippen molar-refractivity contribution in [1.82, 2.24) is 9.97 Å². The Morgan fingerprint density at radius 3 is 2.60 bits per heavy atom. The van der Waals surface area contributed by atoms with E-state index in [1.54, 1.807) is 24.3 Å². The van der Waals surface area contributed by atoms with Crippen LogP contribution >= 0.6 is 0 Å². The number of hydrogen-bond acceptors (Lipinski definition) is 4. The van der Waals surface area contributed by atoms with Gasteiger partial charge in [0.15, 0.2) is 0 Å². The van der Waals surface area contributed by atoms with E-state index >= 15 is 0 Å². The Labute approximate surface area is 147 Å². The molecular formula is C19H25F2N3O. The van der Waals surface area contributed by atoms with Crippen molar-refractivity contribution < 1.29 is 13.5 Å². The lowest BCUT2D eigenvalue weighted by atomic mass is 9.93. The number of halogens is 2. The summed E-state index contributed by atoms with van der Waals surface area (Å²) in [5.74, 6) is 0.822. The summed E-state index contributed by atoms with van der Waals surface area (Å²) in [6, 6.07) is 6.72. The fourth-order valence-corrected chi connectivity index (χ4v) is 2.82. The van der Waals surface area contributed by atoms with Crippen LogP contribution in [0.2, 0.25) is 0 Å². The number of rotatable bonds is 8. The Morgan fingerprint density at radius 2 is 1.96 bits per heavy atom. The van der Waals surface area contributed by atoms with Crippen LogP contribution < -0.4 is 10.5 Å². The maximum atomic E-state index is 13.4. The molecule has 2 aromatic rings. The largest absolute Gasteiger partial charge is 0.490 e. The van der Waals surface area contributed by atoms with Crippen LogP contribution in [0.4, 0.5) is 8.78 Å². The first-order valence-corrected chi connectivity index (χ1v) is 8.33. The van der Waals surface area contributed by atoms with Crippen molar-refractivity contribution in [3.8, 4) is 17.0 Å². The Hall–Kier alpha value is -2.08. The molecule has 0 amide bonds. The molecule has 0 fully saturated rings. The molecule has 2 N–H and O–H groups in total.